The normalized spacial score (nSPS) is 12.3. The maximum absolute atomic E-state index is 12.5. The van der Waals surface area contributed by atoms with E-state index >= 15 is 0 Å². The summed E-state index contributed by atoms with van der Waals surface area (Å²) in [6, 6.07) is 16.0. The van der Waals surface area contributed by atoms with Crippen molar-refractivity contribution >= 4 is 10.0 Å². The Morgan fingerprint density at radius 1 is 1.00 bits per heavy atom. The molecule has 0 aliphatic rings. The third kappa shape index (κ3) is 3.65. The topological polar surface area (TPSA) is 46.2 Å². The molecule has 0 aliphatic carbocycles. The van der Waals surface area contributed by atoms with E-state index in [9.17, 15) is 8.42 Å². The Kier molecular flexibility index (Phi) is 5.27. The smallest absolute Gasteiger partial charge is 0.214 e. The van der Waals surface area contributed by atoms with Gasteiger partial charge in [0.2, 0.25) is 10.0 Å². The molecule has 0 bridgehead atoms. The summed E-state index contributed by atoms with van der Waals surface area (Å²) in [4.78, 5) is 0. The molecule has 2 aromatic rings. The zero-order valence-corrected chi connectivity index (χ0v) is 15.1. The first-order valence-corrected chi connectivity index (χ1v) is 9.43. The summed E-state index contributed by atoms with van der Waals surface area (Å²) in [6.45, 7) is 7.98. The van der Waals surface area contributed by atoms with E-state index in [0.717, 1.165) is 17.5 Å². The summed E-state index contributed by atoms with van der Waals surface area (Å²) in [5, 5.41) is 0. The fraction of sp³-hybridized carbons (Fsp3) is 0.368. The van der Waals surface area contributed by atoms with E-state index in [1.54, 1.807) is 13.8 Å². The van der Waals surface area contributed by atoms with E-state index in [-0.39, 0.29) is 0 Å². The molecule has 0 aromatic heterocycles. The molecule has 124 valence electrons. The van der Waals surface area contributed by atoms with Crippen LogP contribution in [0.15, 0.2) is 48.5 Å². The second-order valence-corrected chi connectivity index (χ2v) is 8.62. The lowest BCUT2D eigenvalue weighted by Crippen LogP contribution is -2.39. The average molecular weight is 331 g/mol. The van der Waals surface area contributed by atoms with E-state index < -0.39 is 14.8 Å². The number of rotatable bonds is 6. The predicted octanol–water partition coefficient (Wildman–Crippen LogP) is 4.23. The van der Waals surface area contributed by atoms with Crippen LogP contribution in [0.4, 0.5) is 0 Å². The van der Waals surface area contributed by atoms with Crippen molar-refractivity contribution in [1.29, 1.82) is 0 Å². The van der Waals surface area contributed by atoms with Crippen molar-refractivity contribution in [3.63, 3.8) is 0 Å². The average Bonchev–Trinajstić information content (AvgIpc) is 2.53. The van der Waals surface area contributed by atoms with Crippen LogP contribution in [0.25, 0.3) is 11.1 Å². The molecule has 2 rings (SSSR count). The van der Waals surface area contributed by atoms with Gasteiger partial charge in [-0.15, -0.1) is 0 Å². The van der Waals surface area contributed by atoms with Crippen molar-refractivity contribution in [1.82, 2.24) is 4.72 Å². The van der Waals surface area contributed by atoms with Crippen LogP contribution >= 0.6 is 0 Å². The molecule has 0 radical (unpaired) electrons. The van der Waals surface area contributed by atoms with Crippen molar-refractivity contribution < 1.29 is 8.42 Å². The Bertz CT molecular complexity index is 762. The zero-order valence-electron chi connectivity index (χ0n) is 14.3. The standard InChI is InChI=1S/C19H25NO2S/c1-5-14-20-23(21,22)19(3,4)17-12-10-16(11-13-17)18-9-7-6-8-15(18)2/h6-13,20H,5,14H2,1-4H3. The van der Waals surface area contributed by atoms with Crippen molar-refractivity contribution in [2.75, 3.05) is 6.54 Å². The monoisotopic (exact) mass is 331 g/mol. The zero-order chi connectivity index (χ0) is 17.1. The molecule has 1 N–H and O–H groups in total. The number of sulfonamides is 1. The molecule has 0 saturated heterocycles. The summed E-state index contributed by atoms with van der Waals surface area (Å²) in [5.74, 6) is 0. The van der Waals surface area contributed by atoms with E-state index in [1.807, 2.05) is 43.3 Å². The number of aryl methyl sites for hydroxylation is 1. The van der Waals surface area contributed by atoms with Gasteiger partial charge in [-0.2, -0.15) is 0 Å². The lowest BCUT2D eigenvalue weighted by Gasteiger charge is -2.26. The number of nitrogens with one attached hydrogen (secondary N) is 1. The highest BCUT2D eigenvalue weighted by Gasteiger charge is 2.35. The minimum atomic E-state index is -3.41. The van der Waals surface area contributed by atoms with Gasteiger partial charge in [0, 0.05) is 6.54 Å². The number of hydrogen-bond donors (Lipinski definition) is 1. The van der Waals surface area contributed by atoms with Crippen LogP contribution in [0.1, 0.15) is 38.3 Å². The Labute approximate surface area is 139 Å². The molecule has 0 fully saturated rings. The van der Waals surface area contributed by atoms with Crippen LogP contribution in [0.2, 0.25) is 0 Å². The summed E-state index contributed by atoms with van der Waals surface area (Å²) in [5.41, 5.74) is 4.26. The van der Waals surface area contributed by atoms with Crippen molar-refractivity contribution in [2.45, 2.75) is 38.9 Å². The molecule has 0 atom stereocenters. The SMILES string of the molecule is CCCNS(=O)(=O)C(C)(C)c1ccc(-c2ccccc2C)cc1. The molecule has 0 spiro atoms. The van der Waals surface area contributed by atoms with Gasteiger partial charge in [-0.3, -0.25) is 0 Å². The molecule has 0 saturated carbocycles. The summed E-state index contributed by atoms with van der Waals surface area (Å²) in [7, 11) is -3.41. The minimum absolute atomic E-state index is 0.465. The maximum Gasteiger partial charge on any atom is 0.221 e. The molecule has 0 amide bonds. The third-order valence-corrected chi connectivity index (χ3v) is 6.41. The van der Waals surface area contributed by atoms with Gasteiger partial charge >= 0.3 is 0 Å². The van der Waals surface area contributed by atoms with Crippen LogP contribution in [-0.2, 0) is 14.8 Å². The second kappa shape index (κ2) is 6.85. The van der Waals surface area contributed by atoms with Crippen LogP contribution in [0.3, 0.4) is 0 Å². The Morgan fingerprint density at radius 3 is 2.17 bits per heavy atom. The first-order valence-electron chi connectivity index (χ1n) is 7.95. The second-order valence-electron chi connectivity index (χ2n) is 6.30. The van der Waals surface area contributed by atoms with Crippen molar-refractivity contribution in [2.24, 2.45) is 0 Å². The molecule has 4 heteroatoms. The summed E-state index contributed by atoms with van der Waals surface area (Å²) in [6.07, 6.45) is 0.779. The predicted molar refractivity (Wildman–Crippen MR) is 96.9 cm³/mol. The fourth-order valence-corrected chi connectivity index (χ4v) is 3.80. The maximum atomic E-state index is 12.5. The molecule has 0 unspecified atom stereocenters. The highest BCUT2D eigenvalue weighted by Crippen LogP contribution is 2.31. The van der Waals surface area contributed by atoms with Crippen LogP contribution in [0.5, 0.6) is 0 Å². The third-order valence-electron chi connectivity index (χ3n) is 4.25. The van der Waals surface area contributed by atoms with Gasteiger partial charge in [-0.05, 0) is 49.4 Å². The quantitative estimate of drug-likeness (QED) is 0.861. The fourth-order valence-electron chi connectivity index (χ4n) is 2.52. The van der Waals surface area contributed by atoms with E-state index in [1.165, 1.54) is 11.1 Å². The molecule has 3 nitrogen and oxygen atoms in total. The van der Waals surface area contributed by atoms with Gasteiger partial charge in [0.05, 0.1) is 0 Å². The van der Waals surface area contributed by atoms with Crippen molar-refractivity contribution in [3.8, 4) is 11.1 Å². The van der Waals surface area contributed by atoms with Crippen LogP contribution in [-0.4, -0.2) is 15.0 Å². The van der Waals surface area contributed by atoms with Crippen LogP contribution in [0, 0.1) is 6.92 Å². The Hall–Kier alpha value is -1.65. The van der Waals surface area contributed by atoms with Gasteiger partial charge < -0.3 is 0 Å². The lowest BCUT2D eigenvalue weighted by molar-refractivity contribution is 0.539. The lowest BCUT2D eigenvalue weighted by atomic mass is 9.96. The van der Waals surface area contributed by atoms with Gasteiger partial charge in [0.25, 0.3) is 0 Å². The van der Waals surface area contributed by atoms with Crippen LogP contribution < -0.4 is 4.72 Å². The molecular weight excluding hydrogens is 306 g/mol. The molecule has 23 heavy (non-hydrogen) atoms. The largest absolute Gasteiger partial charge is 0.221 e. The van der Waals surface area contributed by atoms with Gasteiger partial charge in [0.1, 0.15) is 4.75 Å². The molecule has 2 aromatic carbocycles. The van der Waals surface area contributed by atoms with E-state index in [2.05, 4.69) is 23.8 Å². The van der Waals surface area contributed by atoms with Gasteiger partial charge in [-0.1, -0.05) is 55.5 Å². The number of hydrogen-bond acceptors (Lipinski definition) is 2. The molecular formula is C19H25NO2S. The molecule has 0 aliphatic heterocycles. The Morgan fingerprint density at radius 2 is 1.61 bits per heavy atom. The molecule has 0 heterocycles. The highest BCUT2D eigenvalue weighted by atomic mass is 32.2. The number of benzene rings is 2. The Balaban J connectivity index is 2.34. The summed E-state index contributed by atoms with van der Waals surface area (Å²) >= 11 is 0. The first-order chi connectivity index (χ1) is 10.8. The van der Waals surface area contributed by atoms with Gasteiger partial charge in [-0.25, -0.2) is 13.1 Å². The van der Waals surface area contributed by atoms with Gasteiger partial charge in [0.15, 0.2) is 0 Å². The summed E-state index contributed by atoms with van der Waals surface area (Å²) < 4.78 is 26.7. The highest BCUT2D eigenvalue weighted by molar-refractivity contribution is 7.90. The van der Waals surface area contributed by atoms with E-state index in [0.29, 0.717) is 6.54 Å². The minimum Gasteiger partial charge on any atom is -0.214 e. The van der Waals surface area contributed by atoms with E-state index in [4.69, 9.17) is 0 Å². The van der Waals surface area contributed by atoms with Crippen molar-refractivity contribution in [3.05, 3.63) is 59.7 Å². The first kappa shape index (κ1) is 17.7.